The third kappa shape index (κ3) is 5.02. The van der Waals surface area contributed by atoms with Crippen LogP contribution in [-0.2, 0) is 11.2 Å². The molecule has 1 amide bonds. The highest BCUT2D eigenvalue weighted by atomic mass is 16.5. The average molecular weight is 304 g/mol. The van der Waals surface area contributed by atoms with Crippen LogP contribution in [0.3, 0.4) is 0 Å². The van der Waals surface area contributed by atoms with E-state index in [9.17, 15) is 4.79 Å². The zero-order chi connectivity index (χ0) is 15.8. The van der Waals surface area contributed by atoms with E-state index in [4.69, 9.17) is 4.74 Å². The Morgan fingerprint density at radius 3 is 2.68 bits per heavy atom. The number of nitrogens with zero attached hydrogens (tertiary/aromatic N) is 2. The molecule has 0 spiro atoms. The van der Waals surface area contributed by atoms with E-state index in [1.807, 2.05) is 36.2 Å². The Labute approximate surface area is 134 Å². The van der Waals surface area contributed by atoms with Crippen molar-refractivity contribution in [3.63, 3.8) is 0 Å². The Morgan fingerprint density at radius 1 is 1.23 bits per heavy atom. The summed E-state index contributed by atoms with van der Waals surface area (Å²) in [4.78, 5) is 16.6. The van der Waals surface area contributed by atoms with Crippen molar-refractivity contribution < 1.29 is 9.53 Å². The molecule has 0 aromatic heterocycles. The normalized spacial score (nSPS) is 15.5. The lowest BCUT2D eigenvalue weighted by molar-refractivity contribution is -0.130. The van der Waals surface area contributed by atoms with Gasteiger partial charge in [0.2, 0.25) is 5.91 Å². The molecule has 22 heavy (non-hydrogen) atoms. The molecule has 122 valence electrons. The molecule has 1 aliphatic rings. The molecule has 1 heterocycles. The monoisotopic (exact) mass is 304 g/mol. The highest BCUT2D eigenvalue weighted by Crippen LogP contribution is 2.19. The highest BCUT2D eigenvalue weighted by molar-refractivity contribution is 5.76. The molecule has 0 saturated carbocycles. The van der Waals surface area contributed by atoms with Gasteiger partial charge in [-0.2, -0.15) is 0 Å². The average Bonchev–Trinajstić information content (AvgIpc) is 2.58. The lowest BCUT2D eigenvalue weighted by Gasteiger charge is -2.28. The molecule has 1 fully saturated rings. The van der Waals surface area contributed by atoms with Crippen LogP contribution < -0.4 is 4.74 Å². The van der Waals surface area contributed by atoms with Crippen molar-refractivity contribution in [3.8, 4) is 5.75 Å². The Morgan fingerprint density at radius 2 is 1.95 bits per heavy atom. The van der Waals surface area contributed by atoms with Gasteiger partial charge in [-0.1, -0.05) is 24.6 Å². The van der Waals surface area contributed by atoms with Gasteiger partial charge in [0.05, 0.1) is 7.11 Å². The van der Waals surface area contributed by atoms with E-state index in [2.05, 4.69) is 4.90 Å². The zero-order valence-electron chi connectivity index (χ0n) is 13.9. The van der Waals surface area contributed by atoms with Gasteiger partial charge in [-0.25, -0.2) is 0 Å². The number of likely N-dealkylation sites (N-methyl/N-ethyl adjacent to an activating group) is 1. The third-order valence-corrected chi connectivity index (χ3v) is 4.43. The summed E-state index contributed by atoms with van der Waals surface area (Å²) in [5.41, 5.74) is 1.10. The van der Waals surface area contributed by atoms with Gasteiger partial charge < -0.3 is 14.5 Å². The summed E-state index contributed by atoms with van der Waals surface area (Å²) in [6.45, 7) is 4.19. The van der Waals surface area contributed by atoms with Crippen LogP contribution >= 0.6 is 0 Å². The lowest BCUT2D eigenvalue weighted by atomic mass is 10.1. The van der Waals surface area contributed by atoms with Crippen molar-refractivity contribution in [2.45, 2.75) is 32.1 Å². The van der Waals surface area contributed by atoms with Gasteiger partial charge >= 0.3 is 0 Å². The summed E-state index contributed by atoms with van der Waals surface area (Å²) in [6, 6.07) is 7.91. The van der Waals surface area contributed by atoms with Crippen LogP contribution in [0, 0.1) is 0 Å². The third-order valence-electron chi connectivity index (χ3n) is 4.43. The number of aryl methyl sites for hydroxylation is 1. The van der Waals surface area contributed by atoms with E-state index in [1.54, 1.807) is 7.11 Å². The summed E-state index contributed by atoms with van der Waals surface area (Å²) in [5.74, 6) is 1.08. The summed E-state index contributed by atoms with van der Waals surface area (Å²) in [5, 5.41) is 0. The Kier molecular flexibility index (Phi) is 6.72. The molecule has 0 bridgehead atoms. The van der Waals surface area contributed by atoms with E-state index in [0.717, 1.165) is 30.8 Å². The Bertz CT molecular complexity index is 470. The molecule has 4 nitrogen and oxygen atoms in total. The standard InChI is InChI=1S/C18H28N2O2/c1-19(14-15-20-12-6-3-7-13-20)18(21)11-10-16-8-4-5-9-17(16)22-2/h4-5,8-9H,3,6-7,10-15H2,1-2H3. The predicted octanol–water partition coefficient (Wildman–Crippen LogP) is 2.57. The van der Waals surface area contributed by atoms with E-state index in [1.165, 1.54) is 32.4 Å². The van der Waals surface area contributed by atoms with E-state index in [-0.39, 0.29) is 5.91 Å². The van der Waals surface area contributed by atoms with Gasteiger partial charge in [0.1, 0.15) is 5.75 Å². The molecule has 1 saturated heterocycles. The van der Waals surface area contributed by atoms with Crippen molar-refractivity contribution in [2.24, 2.45) is 0 Å². The Hall–Kier alpha value is -1.55. The van der Waals surface area contributed by atoms with Gasteiger partial charge in [-0.15, -0.1) is 0 Å². The number of hydrogen-bond donors (Lipinski definition) is 0. The van der Waals surface area contributed by atoms with E-state index < -0.39 is 0 Å². The Balaban J connectivity index is 1.73. The number of methoxy groups -OCH3 is 1. The smallest absolute Gasteiger partial charge is 0.222 e. The highest BCUT2D eigenvalue weighted by Gasteiger charge is 2.14. The molecular formula is C18H28N2O2. The maximum absolute atomic E-state index is 12.3. The SMILES string of the molecule is COc1ccccc1CCC(=O)N(C)CCN1CCCCC1. The van der Waals surface area contributed by atoms with E-state index >= 15 is 0 Å². The molecule has 2 rings (SSSR count). The molecule has 4 heteroatoms. The summed E-state index contributed by atoms with van der Waals surface area (Å²) >= 11 is 0. The van der Waals surface area contributed by atoms with Gasteiger partial charge in [-0.05, 0) is 44.0 Å². The number of carbonyl (C=O) groups is 1. The predicted molar refractivity (Wildman–Crippen MR) is 89.2 cm³/mol. The molecule has 0 atom stereocenters. The summed E-state index contributed by atoms with van der Waals surface area (Å²) in [6.07, 6.45) is 5.22. The van der Waals surface area contributed by atoms with Gasteiger partial charge in [0, 0.05) is 26.6 Å². The van der Waals surface area contributed by atoms with Crippen LogP contribution in [0.1, 0.15) is 31.2 Å². The number of para-hydroxylation sites is 1. The van der Waals surface area contributed by atoms with Crippen LogP contribution in [0.25, 0.3) is 0 Å². The van der Waals surface area contributed by atoms with Gasteiger partial charge in [0.25, 0.3) is 0 Å². The molecule has 0 radical (unpaired) electrons. The fourth-order valence-corrected chi connectivity index (χ4v) is 2.94. The number of hydrogen-bond acceptors (Lipinski definition) is 3. The number of carbonyl (C=O) groups excluding carboxylic acids is 1. The van der Waals surface area contributed by atoms with Crippen molar-refractivity contribution in [1.82, 2.24) is 9.80 Å². The fraction of sp³-hybridized carbons (Fsp3) is 0.611. The first-order chi connectivity index (χ1) is 10.7. The van der Waals surface area contributed by atoms with Crippen LogP contribution in [0.4, 0.5) is 0 Å². The first-order valence-electron chi connectivity index (χ1n) is 8.29. The van der Waals surface area contributed by atoms with Crippen LogP contribution in [0.2, 0.25) is 0 Å². The van der Waals surface area contributed by atoms with Gasteiger partial charge in [-0.3, -0.25) is 4.79 Å². The van der Waals surface area contributed by atoms with E-state index in [0.29, 0.717) is 6.42 Å². The lowest BCUT2D eigenvalue weighted by Crippen LogP contribution is -2.38. The number of likely N-dealkylation sites (tertiary alicyclic amines) is 1. The quantitative estimate of drug-likeness (QED) is 0.776. The number of piperidine rings is 1. The molecular weight excluding hydrogens is 276 g/mol. The van der Waals surface area contributed by atoms with Crippen molar-refractivity contribution in [3.05, 3.63) is 29.8 Å². The first-order valence-corrected chi connectivity index (χ1v) is 8.29. The molecule has 1 aromatic carbocycles. The number of ether oxygens (including phenoxy) is 1. The molecule has 1 aliphatic heterocycles. The minimum Gasteiger partial charge on any atom is -0.496 e. The number of amides is 1. The second-order valence-corrected chi connectivity index (χ2v) is 6.03. The summed E-state index contributed by atoms with van der Waals surface area (Å²) in [7, 11) is 3.58. The summed E-state index contributed by atoms with van der Waals surface area (Å²) < 4.78 is 5.33. The number of rotatable bonds is 7. The van der Waals surface area contributed by atoms with Gasteiger partial charge in [0.15, 0.2) is 0 Å². The second kappa shape index (κ2) is 8.79. The molecule has 0 N–H and O–H groups in total. The largest absolute Gasteiger partial charge is 0.496 e. The number of benzene rings is 1. The maximum Gasteiger partial charge on any atom is 0.222 e. The minimum atomic E-state index is 0.211. The first kappa shape index (κ1) is 16.8. The fourth-order valence-electron chi connectivity index (χ4n) is 2.94. The van der Waals surface area contributed by atoms with Crippen molar-refractivity contribution >= 4 is 5.91 Å². The minimum absolute atomic E-state index is 0.211. The molecule has 0 aliphatic carbocycles. The van der Waals surface area contributed by atoms with Crippen LogP contribution in [-0.4, -0.2) is 56.0 Å². The molecule has 1 aromatic rings. The maximum atomic E-state index is 12.3. The zero-order valence-corrected chi connectivity index (χ0v) is 13.9. The topological polar surface area (TPSA) is 32.8 Å². The van der Waals surface area contributed by atoms with Crippen molar-refractivity contribution in [1.29, 1.82) is 0 Å². The second-order valence-electron chi connectivity index (χ2n) is 6.03. The molecule has 0 unspecified atom stereocenters. The van der Waals surface area contributed by atoms with Crippen molar-refractivity contribution in [2.75, 3.05) is 40.3 Å². The van der Waals surface area contributed by atoms with Crippen LogP contribution in [0.5, 0.6) is 5.75 Å². The van der Waals surface area contributed by atoms with Crippen LogP contribution in [0.15, 0.2) is 24.3 Å².